The van der Waals surface area contributed by atoms with Gasteiger partial charge in [-0.3, -0.25) is 0 Å². The summed E-state index contributed by atoms with van der Waals surface area (Å²) in [5.41, 5.74) is -4.41. The summed E-state index contributed by atoms with van der Waals surface area (Å²) in [7, 11) is -3.94. The van der Waals surface area contributed by atoms with Crippen LogP contribution in [0.4, 0.5) is 13.2 Å². The maximum atomic E-state index is 13.2. The van der Waals surface area contributed by atoms with Crippen molar-refractivity contribution in [2.45, 2.75) is 11.3 Å². The van der Waals surface area contributed by atoms with Gasteiger partial charge in [0, 0.05) is 12.7 Å². The fourth-order valence-electron chi connectivity index (χ4n) is 3.77. The molecule has 0 saturated carbocycles. The van der Waals surface area contributed by atoms with Gasteiger partial charge in [-0.2, -0.15) is 13.2 Å². The number of halogens is 3. The van der Waals surface area contributed by atoms with E-state index in [4.69, 9.17) is 9.47 Å². The largest absolute Gasteiger partial charge is 0.497 e. The van der Waals surface area contributed by atoms with Crippen molar-refractivity contribution in [2.24, 2.45) is 0 Å². The Hall–Kier alpha value is -3.10. The number of rotatable bonds is 6. The third kappa shape index (κ3) is 4.03. The summed E-state index contributed by atoms with van der Waals surface area (Å²) in [5, 5.41) is 2.95. The minimum atomic E-state index is -5.40. The molecule has 0 bridgehead atoms. The van der Waals surface area contributed by atoms with Crippen molar-refractivity contribution in [3.63, 3.8) is 0 Å². The average Bonchev–Trinajstić information content (AvgIpc) is 2.76. The van der Waals surface area contributed by atoms with Gasteiger partial charge in [-0.25, -0.2) is 8.42 Å². The lowest BCUT2D eigenvalue weighted by Gasteiger charge is -2.19. The van der Waals surface area contributed by atoms with Crippen LogP contribution in [0.2, 0.25) is 0 Å². The van der Waals surface area contributed by atoms with Crippen LogP contribution in [0.25, 0.3) is 32.7 Å². The van der Waals surface area contributed by atoms with E-state index in [1.165, 1.54) is 13.2 Å². The Morgan fingerprint density at radius 3 is 1.94 bits per heavy atom. The summed E-state index contributed by atoms with van der Waals surface area (Å²) in [6.07, 6.45) is 0. The van der Waals surface area contributed by atoms with Crippen molar-refractivity contribution in [3.05, 3.63) is 78.4 Å². The number of hydrogen-bond donors (Lipinski definition) is 0. The lowest BCUT2D eigenvalue weighted by atomic mass is 9.90. The summed E-state index contributed by atoms with van der Waals surface area (Å²) in [6.45, 7) is -0.0771. The smallest absolute Gasteiger partial charge is 0.467 e. The molecular weight excluding hydrogens is 441 g/mol. The summed E-state index contributed by atoms with van der Waals surface area (Å²) < 4.78 is 74.7. The van der Waals surface area contributed by atoms with Crippen LogP contribution in [0.1, 0.15) is 5.56 Å². The maximum absolute atomic E-state index is 13.2. The molecule has 32 heavy (non-hydrogen) atoms. The highest BCUT2D eigenvalue weighted by Crippen LogP contribution is 2.43. The van der Waals surface area contributed by atoms with E-state index in [1.807, 2.05) is 42.5 Å². The Morgan fingerprint density at radius 1 is 0.781 bits per heavy atom. The van der Waals surface area contributed by atoms with E-state index < -0.39 is 21.1 Å². The van der Waals surface area contributed by atoms with Gasteiger partial charge in [0.15, 0.2) is 6.79 Å². The van der Waals surface area contributed by atoms with E-state index in [1.54, 1.807) is 24.3 Å². The average molecular weight is 460 g/mol. The Kier molecular flexibility index (Phi) is 5.83. The molecule has 0 aromatic heterocycles. The molecule has 0 fully saturated rings. The SMILES string of the molecule is COCOc1ccc2ccccc2c1-c1c(CS(=O)(=O)C(F)(F)F)ccc2ccccc12. The van der Waals surface area contributed by atoms with Crippen molar-refractivity contribution >= 4 is 31.4 Å². The summed E-state index contributed by atoms with van der Waals surface area (Å²) in [4.78, 5) is 0. The first-order valence-corrected chi connectivity index (χ1v) is 11.3. The Balaban J connectivity index is 2.09. The topological polar surface area (TPSA) is 52.6 Å². The molecule has 0 amide bonds. The number of hydrogen-bond acceptors (Lipinski definition) is 4. The van der Waals surface area contributed by atoms with Gasteiger partial charge >= 0.3 is 5.51 Å². The standard InChI is InChI=1S/C24H19F3O4S/c1-30-15-31-21-13-12-17-7-3-5-9-20(17)23(21)22-18(14-32(28,29)24(25,26)27)11-10-16-6-2-4-8-19(16)22/h2-13H,14-15H2,1H3. The van der Waals surface area contributed by atoms with Crippen LogP contribution < -0.4 is 4.74 Å². The number of methoxy groups -OCH3 is 1. The van der Waals surface area contributed by atoms with Gasteiger partial charge in [0.25, 0.3) is 9.84 Å². The minimum absolute atomic E-state index is 0.0413. The van der Waals surface area contributed by atoms with Crippen molar-refractivity contribution in [1.29, 1.82) is 0 Å². The maximum Gasteiger partial charge on any atom is 0.497 e. The molecule has 4 nitrogen and oxygen atoms in total. The molecule has 8 heteroatoms. The Morgan fingerprint density at radius 2 is 1.34 bits per heavy atom. The van der Waals surface area contributed by atoms with Gasteiger partial charge < -0.3 is 9.47 Å². The molecule has 0 atom stereocenters. The molecule has 0 heterocycles. The fourth-order valence-corrected chi connectivity index (χ4v) is 4.58. The lowest BCUT2D eigenvalue weighted by molar-refractivity contribution is -0.0437. The highest BCUT2D eigenvalue weighted by molar-refractivity contribution is 7.91. The quantitative estimate of drug-likeness (QED) is 0.328. The molecule has 4 aromatic rings. The second-order valence-electron chi connectivity index (χ2n) is 7.24. The van der Waals surface area contributed by atoms with Gasteiger partial charge in [-0.15, -0.1) is 0 Å². The highest BCUT2D eigenvalue weighted by atomic mass is 32.2. The van der Waals surface area contributed by atoms with Crippen LogP contribution in [0.5, 0.6) is 5.75 Å². The molecule has 0 aliphatic rings. The van der Waals surface area contributed by atoms with Gasteiger partial charge in [0.05, 0.1) is 5.75 Å². The predicted octanol–water partition coefficient (Wildman–Crippen LogP) is 6.08. The van der Waals surface area contributed by atoms with E-state index in [9.17, 15) is 21.6 Å². The van der Waals surface area contributed by atoms with E-state index in [2.05, 4.69) is 0 Å². The number of alkyl halides is 3. The van der Waals surface area contributed by atoms with Gasteiger partial charge in [0.2, 0.25) is 0 Å². The van der Waals surface area contributed by atoms with E-state index in [0.29, 0.717) is 22.3 Å². The van der Waals surface area contributed by atoms with Crippen molar-refractivity contribution in [2.75, 3.05) is 13.9 Å². The zero-order valence-electron chi connectivity index (χ0n) is 17.0. The number of fused-ring (bicyclic) bond motifs is 2. The number of ether oxygens (including phenoxy) is 2. The molecule has 0 unspecified atom stereocenters. The second-order valence-corrected chi connectivity index (χ2v) is 9.22. The normalized spacial score (nSPS) is 12.4. The first kappa shape index (κ1) is 22.1. The zero-order chi connectivity index (χ0) is 22.9. The molecule has 0 N–H and O–H groups in total. The first-order valence-electron chi connectivity index (χ1n) is 9.66. The first-order chi connectivity index (χ1) is 15.2. The van der Waals surface area contributed by atoms with Crippen LogP contribution >= 0.6 is 0 Å². The molecule has 0 saturated heterocycles. The monoisotopic (exact) mass is 460 g/mol. The molecule has 0 spiro atoms. The van der Waals surface area contributed by atoms with Crippen molar-refractivity contribution in [3.8, 4) is 16.9 Å². The Labute approximate surface area is 183 Å². The molecular formula is C24H19F3O4S. The highest BCUT2D eigenvalue weighted by Gasteiger charge is 2.45. The minimum Gasteiger partial charge on any atom is -0.467 e. The third-order valence-electron chi connectivity index (χ3n) is 5.19. The third-order valence-corrected chi connectivity index (χ3v) is 6.58. The summed E-state index contributed by atoms with van der Waals surface area (Å²) in [5.74, 6) is -0.795. The molecule has 4 rings (SSSR count). The molecule has 0 radical (unpaired) electrons. The van der Waals surface area contributed by atoms with Gasteiger partial charge in [-0.1, -0.05) is 66.7 Å². The lowest BCUT2D eigenvalue weighted by Crippen LogP contribution is -2.25. The van der Waals surface area contributed by atoms with Gasteiger partial charge in [-0.05, 0) is 38.7 Å². The predicted molar refractivity (Wildman–Crippen MR) is 118 cm³/mol. The number of benzene rings is 4. The van der Waals surface area contributed by atoms with Crippen LogP contribution in [0.15, 0.2) is 72.8 Å². The summed E-state index contributed by atoms with van der Waals surface area (Å²) in [6, 6.07) is 21.1. The molecule has 166 valence electrons. The molecule has 0 aliphatic heterocycles. The zero-order valence-corrected chi connectivity index (χ0v) is 17.8. The van der Waals surface area contributed by atoms with Gasteiger partial charge in [0.1, 0.15) is 5.75 Å². The van der Waals surface area contributed by atoms with E-state index >= 15 is 0 Å². The van der Waals surface area contributed by atoms with Crippen LogP contribution in [0.3, 0.4) is 0 Å². The fraction of sp³-hybridized carbons (Fsp3) is 0.167. The van der Waals surface area contributed by atoms with Crippen molar-refractivity contribution < 1.29 is 31.1 Å². The van der Waals surface area contributed by atoms with Crippen LogP contribution in [0, 0.1) is 0 Å². The summed E-state index contributed by atoms with van der Waals surface area (Å²) >= 11 is 0. The van der Waals surface area contributed by atoms with E-state index in [-0.39, 0.29) is 12.4 Å². The number of sulfone groups is 1. The van der Waals surface area contributed by atoms with Crippen LogP contribution in [-0.4, -0.2) is 27.8 Å². The van der Waals surface area contributed by atoms with Crippen molar-refractivity contribution in [1.82, 2.24) is 0 Å². The molecule has 4 aromatic carbocycles. The Bertz CT molecular complexity index is 1400. The second kappa shape index (κ2) is 8.44. The molecule has 0 aliphatic carbocycles. The van der Waals surface area contributed by atoms with E-state index in [0.717, 1.165) is 16.2 Å². The van der Waals surface area contributed by atoms with Crippen LogP contribution in [-0.2, 0) is 20.3 Å².